The van der Waals surface area contributed by atoms with E-state index in [1.165, 1.54) is 167 Å². The van der Waals surface area contributed by atoms with Gasteiger partial charge in [0, 0.05) is 0 Å². The quantitative estimate of drug-likeness (QED) is 0.0370. The van der Waals surface area contributed by atoms with Crippen molar-refractivity contribution >= 4 is 5.91 Å². The van der Waals surface area contributed by atoms with Crippen molar-refractivity contribution in [1.29, 1.82) is 0 Å². The minimum Gasteiger partial charge on any atom is -0.394 e. The van der Waals surface area contributed by atoms with Gasteiger partial charge in [-0.05, 0) is 57.8 Å². The molecule has 0 saturated carbocycles. The van der Waals surface area contributed by atoms with Gasteiger partial charge in [-0.15, -0.1) is 0 Å². The fourth-order valence-corrected chi connectivity index (χ4v) is 7.06. The molecule has 0 aromatic carbocycles. The number of rotatable bonds is 42. The van der Waals surface area contributed by atoms with E-state index in [4.69, 9.17) is 0 Å². The average Bonchev–Trinajstić information content (AvgIpc) is 3.15. The second-order valence-electron chi connectivity index (χ2n) is 16.0. The number of unbranched alkanes of at least 4 members (excludes halogenated alkanes) is 29. The van der Waals surface area contributed by atoms with Crippen LogP contribution in [0.5, 0.6) is 0 Å². The smallest absolute Gasteiger partial charge is 0.222 e. The molecule has 0 aliphatic carbocycles. The number of amides is 1. The molecule has 3 unspecified atom stereocenters. The first-order chi connectivity index (χ1) is 26.0. The van der Waals surface area contributed by atoms with Crippen LogP contribution in [0.2, 0.25) is 0 Å². The number of carbonyl (C=O) groups is 1. The first-order valence-corrected chi connectivity index (χ1v) is 23.3. The topological polar surface area (TPSA) is 89.8 Å². The Balaban J connectivity index is 3.68. The van der Waals surface area contributed by atoms with E-state index in [0.29, 0.717) is 6.42 Å². The van der Waals surface area contributed by atoms with Gasteiger partial charge in [-0.3, -0.25) is 4.79 Å². The van der Waals surface area contributed by atoms with Crippen molar-refractivity contribution in [2.24, 2.45) is 0 Å². The van der Waals surface area contributed by atoms with Crippen molar-refractivity contribution in [3.63, 3.8) is 0 Å². The highest BCUT2D eigenvalue weighted by molar-refractivity contribution is 5.76. The van der Waals surface area contributed by atoms with Crippen LogP contribution in [0.4, 0.5) is 0 Å². The summed E-state index contributed by atoms with van der Waals surface area (Å²) < 4.78 is 0. The van der Waals surface area contributed by atoms with Crippen molar-refractivity contribution in [3.8, 4) is 0 Å². The predicted molar refractivity (Wildman–Crippen MR) is 231 cm³/mol. The zero-order chi connectivity index (χ0) is 38.7. The molecule has 0 aliphatic rings. The molecule has 0 aromatic heterocycles. The Bertz CT molecular complexity index is 824. The number of nitrogens with one attached hydrogen (secondary N) is 1. The fraction of sp³-hybridized carbons (Fsp3) is 0.854. The van der Waals surface area contributed by atoms with Crippen molar-refractivity contribution < 1.29 is 20.1 Å². The first kappa shape index (κ1) is 51.6. The molecule has 1 amide bonds. The van der Waals surface area contributed by atoms with Gasteiger partial charge in [0.05, 0.1) is 31.3 Å². The second kappa shape index (κ2) is 43.3. The lowest BCUT2D eigenvalue weighted by Crippen LogP contribution is -2.45. The third kappa shape index (κ3) is 40.1. The van der Waals surface area contributed by atoms with Gasteiger partial charge < -0.3 is 20.6 Å². The number of allylic oxidation sites excluding steroid dienone is 5. The minimum atomic E-state index is -0.955. The van der Waals surface area contributed by atoms with Crippen LogP contribution in [-0.4, -0.2) is 46.1 Å². The maximum Gasteiger partial charge on any atom is 0.222 e. The molecule has 3 atom stereocenters. The summed E-state index contributed by atoms with van der Waals surface area (Å²) in [5, 5.41) is 33.2. The van der Waals surface area contributed by atoms with Crippen LogP contribution < -0.4 is 5.32 Å². The van der Waals surface area contributed by atoms with Gasteiger partial charge in [0.25, 0.3) is 0 Å². The van der Waals surface area contributed by atoms with Crippen molar-refractivity contribution in [3.05, 3.63) is 36.5 Å². The van der Waals surface area contributed by atoms with E-state index in [9.17, 15) is 20.1 Å². The summed E-state index contributed by atoms with van der Waals surface area (Å²) in [4.78, 5) is 12.4. The Morgan fingerprint density at radius 1 is 0.472 bits per heavy atom. The van der Waals surface area contributed by atoms with Crippen LogP contribution in [0.15, 0.2) is 36.5 Å². The Kier molecular flexibility index (Phi) is 42.1. The Hall–Kier alpha value is -1.43. The molecule has 0 bridgehead atoms. The minimum absolute atomic E-state index is 0.00441. The van der Waals surface area contributed by atoms with Crippen LogP contribution >= 0.6 is 0 Å². The molecule has 0 saturated heterocycles. The Morgan fingerprint density at radius 2 is 0.811 bits per heavy atom. The van der Waals surface area contributed by atoms with Gasteiger partial charge in [-0.25, -0.2) is 0 Å². The summed E-state index contributed by atoms with van der Waals surface area (Å²) in [5.41, 5.74) is 0. The zero-order valence-corrected chi connectivity index (χ0v) is 35.4. The summed E-state index contributed by atoms with van der Waals surface area (Å²) in [6.45, 7) is 4.20. The van der Waals surface area contributed by atoms with Crippen LogP contribution in [0.3, 0.4) is 0 Å². The van der Waals surface area contributed by atoms with E-state index < -0.39 is 18.2 Å². The second-order valence-corrected chi connectivity index (χ2v) is 16.0. The van der Waals surface area contributed by atoms with Gasteiger partial charge in [0.1, 0.15) is 0 Å². The van der Waals surface area contributed by atoms with Crippen molar-refractivity contribution in [1.82, 2.24) is 5.32 Å². The van der Waals surface area contributed by atoms with Crippen LogP contribution in [-0.2, 0) is 4.79 Å². The van der Waals surface area contributed by atoms with Crippen LogP contribution in [0, 0.1) is 0 Å². The maximum atomic E-state index is 12.4. The lowest BCUT2D eigenvalue weighted by molar-refractivity contribution is -0.124. The maximum absolute atomic E-state index is 12.4. The van der Waals surface area contributed by atoms with E-state index in [0.717, 1.165) is 44.9 Å². The monoisotopic (exact) mass is 746 g/mol. The predicted octanol–water partition coefficient (Wildman–Crippen LogP) is 13.5. The van der Waals surface area contributed by atoms with Gasteiger partial charge >= 0.3 is 0 Å². The van der Waals surface area contributed by atoms with Gasteiger partial charge in [-0.1, -0.05) is 211 Å². The fourth-order valence-electron chi connectivity index (χ4n) is 7.06. The largest absolute Gasteiger partial charge is 0.394 e. The molecule has 0 aromatic rings. The summed E-state index contributed by atoms with van der Waals surface area (Å²) in [5.74, 6) is -0.334. The summed E-state index contributed by atoms with van der Waals surface area (Å²) in [7, 11) is 0. The van der Waals surface area contributed by atoms with Gasteiger partial charge in [0.15, 0.2) is 0 Å². The highest BCUT2D eigenvalue weighted by Crippen LogP contribution is 2.15. The van der Waals surface area contributed by atoms with E-state index in [-0.39, 0.29) is 18.9 Å². The molecule has 5 heteroatoms. The molecule has 0 rings (SSSR count). The summed E-state index contributed by atoms with van der Waals surface area (Å²) in [6.07, 6.45) is 54.4. The van der Waals surface area contributed by atoms with Gasteiger partial charge in [0.2, 0.25) is 5.91 Å². The number of hydrogen-bond donors (Lipinski definition) is 4. The number of aliphatic hydroxyl groups excluding tert-OH is 3. The summed E-state index contributed by atoms with van der Waals surface area (Å²) >= 11 is 0. The Labute approximate surface area is 330 Å². The summed E-state index contributed by atoms with van der Waals surface area (Å²) in [6, 6.07) is -0.765. The molecule has 0 fully saturated rings. The molecule has 53 heavy (non-hydrogen) atoms. The van der Waals surface area contributed by atoms with Crippen LogP contribution in [0.1, 0.15) is 239 Å². The Morgan fingerprint density at radius 3 is 1.21 bits per heavy atom. The molecule has 0 aliphatic heterocycles. The first-order valence-electron chi connectivity index (χ1n) is 23.3. The molecule has 0 radical (unpaired) electrons. The molecule has 312 valence electrons. The highest BCUT2D eigenvalue weighted by Gasteiger charge is 2.20. The van der Waals surface area contributed by atoms with Crippen molar-refractivity contribution in [2.45, 2.75) is 257 Å². The third-order valence-corrected chi connectivity index (χ3v) is 10.6. The molecule has 4 N–H and O–H groups in total. The molecular weight excluding hydrogens is 655 g/mol. The highest BCUT2D eigenvalue weighted by atomic mass is 16.3. The number of hydrogen-bond acceptors (Lipinski definition) is 4. The van der Waals surface area contributed by atoms with E-state index in [2.05, 4.69) is 43.5 Å². The lowest BCUT2D eigenvalue weighted by Gasteiger charge is -2.20. The number of aliphatic hydroxyl groups is 3. The molecule has 0 spiro atoms. The molecule has 5 nitrogen and oxygen atoms in total. The van der Waals surface area contributed by atoms with E-state index >= 15 is 0 Å². The lowest BCUT2D eigenvalue weighted by atomic mass is 10.0. The van der Waals surface area contributed by atoms with E-state index in [1.54, 1.807) is 6.08 Å². The third-order valence-electron chi connectivity index (χ3n) is 10.6. The molecule has 0 heterocycles. The molecular formula is C48H91NO4. The number of carbonyl (C=O) groups excluding carboxylic acids is 1. The van der Waals surface area contributed by atoms with Crippen LogP contribution in [0.25, 0.3) is 0 Å². The standard InChI is InChI=1S/C48H91NO4/c1-3-5-7-9-11-13-15-17-19-20-21-22-23-24-25-26-27-28-30-32-34-36-38-40-42-47(52)46(44-50)49-48(53)43-45(51)41-39-37-35-33-31-29-18-16-14-12-10-8-6-4-2/h29,31-32,34,40,42,45-47,50-52H,3-28,30,33,35-39,41,43-44H2,1-2H3,(H,49,53)/b31-29-,34-32+,42-40+. The zero-order valence-electron chi connectivity index (χ0n) is 35.4. The average molecular weight is 746 g/mol. The van der Waals surface area contributed by atoms with Crippen molar-refractivity contribution in [2.75, 3.05) is 6.61 Å². The SMILES string of the molecule is CCCCCCCCC/C=C\CCCCCC(O)CC(=O)NC(CO)C(O)/C=C/CC/C=C/CCCCCCCCCCCCCCCCCCCC. The van der Waals surface area contributed by atoms with Gasteiger partial charge in [-0.2, -0.15) is 0 Å². The normalized spacial score (nSPS) is 13.8. The van der Waals surface area contributed by atoms with E-state index in [1.807, 2.05) is 6.08 Å².